The van der Waals surface area contributed by atoms with Crippen molar-refractivity contribution in [3.05, 3.63) is 39.4 Å². The summed E-state index contributed by atoms with van der Waals surface area (Å²) in [6.45, 7) is 6.13. The average Bonchev–Trinajstić information content (AvgIpc) is 2.94. The van der Waals surface area contributed by atoms with E-state index in [1.807, 2.05) is 20.8 Å². The summed E-state index contributed by atoms with van der Waals surface area (Å²) in [6.07, 6.45) is 3.80. The van der Waals surface area contributed by atoms with Gasteiger partial charge in [0.1, 0.15) is 0 Å². The van der Waals surface area contributed by atoms with Crippen LogP contribution in [0.2, 0.25) is 0 Å². The first-order chi connectivity index (χ1) is 10.7. The SMILES string of the molecule is CC(C)(C)c1ccc(C(=O)NC2(CN)CCCC2)cc1[N+](=O)[O-].Cl. The smallest absolute Gasteiger partial charge is 0.273 e. The first-order valence-electron chi connectivity index (χ1n) is 8.00. The van der Waals surface area contributed by atoms with Crippen LogP contribution < -0.4 is 11.1 Å². The molecule has 1 aliphatic carbocycles. The number of halogens is 1. The number of amides is 1. The minimum atomic E-state index is -0.425. The summed E-state index contributed by atoms with van der Waals surface area (Å²) in [4.78, 5) is 23.4. The number of nitro groups is 1. The van der Waals surface area contributed by atoms with Gasteiger partial charge in [0.05, 0.1) is 10.5 Å². The monoisotopic (exact) mass is 355 g/mol. The highest BCUT2D eigenvalue weighted by atomic mass is 35.5. The van der Waals surface area contributed by atoms with Crippen LogP contribution in [0.15, 0.2) is 18.2 Å². The predicted octanol–water partition coefficient (Wildman–Crippen LogP) is 3.32. The lowest BCUT2D eigenvalue weighted by Gasteiger charge is -2.28. The van der Waals surface area contributed by atoms with E-state index in [4.69, 9.17) is 5.73 Å². The summed E-state index contributed by atoms with van der Waals surface area (Å²) in [6, 6.07) is 4.70. The van der Waals surface area contributed by atoms with E-state index in [0.717, 1.165) is 25.7 Å². The van der Waals surface area contributed by atoms with Crippen LogP contribution in [0.4, 0.5) is 5.69 Å². The van der Waals surface area contributed by atoms with Crippen LogP contribution in [0, 0.1) is 10.1 Å². The third-order valence-corrected chi connectivity index (χ3v) is 4.59. The van der Waals surface area contributed by atoms with Gasteiger partial charge in [-0.05, 0) is 24.3 Å². The molecule has 1 amide bonds. The number of carbonyl (C=O) groups is 1. The van der Waals surface area contributed by atoms with Gasteiger partial charge in [0, 0.05) is 23.7 Å². The van der Waals surface area contributed by atoms with E-state index in [2.05, 4.69) is 5.32 Å². The minimum absolute atomic E-state index is 0. The fourth-order valence-corrected chi connectivity index (χ4v) is 3.20. The summed E-state index contributed by atoms with van der Waals surface area (Å²) < 4.78 is 0. The molecule has 0 aliphatic heterocycles. The van der Waals surface area contributed by atoms with Crippen LogP contribution in [-0.2, 0) is 5.41 Å². The number of nitrogens with one attached hydrogen (secondary N) is 1. The Hall–Kier alpha value is -1.66. The molecule has 1 aromatic rings. The summed E-state index contributed by atoms with van der Waals surface area (Å²) >= 11 is 0. The Balaban J connectivity index is 0.00000288. The van der Waals surface area contributed by atoms with E-state index in [-0.39, 0.29) is 35.0 Å². The molecule has 134 valence electrons. The Morgan fingerprint density at radius 2 is 1.92 bits per heavy atom. The maximum absolute atomic E-state index is 12.5. The van der Waals surface area contributed by atoms with Crippen LogP contribution in [-0.4, -0.2) is 22.9 Å². The van der Waals surface area contributed by atoms with Crippen molar-refractivity contribution in [3.63, 3.8) is 0 Å². The van der Waals surface area contributed by atoms with Gasteiger partial charge in [-0.1, -0.05) is 39.7 Å². The molecule has 0 unspecified atom stereocenters. The number of nitrogens with two attached hydrogens (primary N) is 1. The second-order valence-corrected chi connectivity index (χ2v) is 7.38. The van der Waals surface area contributed by atoms with Crippen molar-refractivity contribution in [2.45, 2.75) is 57.4 Å². The van der Waals surface area contributed by atoms with E-state index in [0.29, 0.717) is 17.7 Å². The van der Waals surface area contributed by atoms with Gasteiger partial charge in [-0.2, -0.15) is 0 Å². The molecular weight excluding hydrogens is 330 g/mol. The molecule has 1 aliphatic rings. The van der Waals surface area contributed by atoms with Crippen molar-refractivity contribution in [1.29, 1.82) is 0 Å². The van der Waals surface area contributed by atoms with E-state index in [9.17, 15) is 14.9 Å². The lowest BCUT2D eigenvalue weighted by molar-refractivity contribution is -0.386. The Morgan fingerprint density at radius 1 is 1.33 bits per heavy atom. The summed E-state index contributed by atoms with van der Waals surface area (Å²) in [7, 11) is 0. The van der Waals surface area contributed by atoms with Gasteiger partial charge in [0.25, 0.3) is 11.6 Å². The van der Waals surface area contributed by atoms with Gasteiger partial charge in [-0.25, -0.2) is 0 Å². The molecule has 0 aromatic heterocycles. The maximum Gasteiger partial charge on any atom is 0.273 e. The molecule has 1 aromatic carbocycles. The molecule has 7 heteroatoms. The Labute approximate surface area is 148 Å². The number of nitrogens with zero attached hydrogens (tertiary/aromatic N) is 1. The van der Waals surface area contributed by atoms with Crippen molar-refractivity contribution in [2.75, 3.05) is 6.54 Å². The topological polar surface area (TPSA) is 98.3 Å². The molecule has 3 N–H and O–H groups in total. The van der Waals surface area contributed by atoms with Gasteiger partial charge in [0.2, 0.25) is 0 Å². The summed E-state index contributed by atoms with van der Waals surface area (Å²) in [5.41, 5.74) is 6.02. The number of carbonyl (C=O) groups excluding carboxylic acids is 1. The van der Waals surface area contributed by atoms with Crippen molar-refractivity contribution in [2.24, 2.45) is 5.73 Å². The largest absolute Gasteiger partial charge is 0.345 e. The summed E-state index contributed by atoms with van der Waals surface area (Å²) in [5, 5.41) is 14.4. The van der Waals surface area contributed by atoms with E-state index >= 15 is 0 Å². The van der Waals surface area contributed by atoms with Crippen LogP contribution in [0.5, 0.6) is 0 Å². The van der Waals surface area contributed by atoms with Gasteiger partial charge >= 0.3 is 0 Å². The van der Waals surface area contributed by atoms with Gasteiger partial charge < -0.3 is 11.1 Å². The molecule has 0 radical (unpaired) electrons. The average molecular weight is 356 g/mol. The zero-order valence-electron chi connectivity index (χ0n) is 14.4. The van der Waals surface area contributed by atoms with Gasteiger partial charge in [-0.15, -0.1) is 12.4 Å². The number of benzene rings is 1. The fraction of sp³-hybridized carbons (Fsp3) is 0.588. The fourth-order valence-electron chi connectivity index (χ4n) is 3.20. The molecule has 0 bridgehead atoms. The normalized spacial score (nSPS) is 16.3. The number of rotatable bonds is 4. The summed E-state index contributed by atoms with van der Waals surface area (Å²) in [5.74, 6) is -0.291. The third-order valence-electron chi connectivity index (χ3n) is 4.59. The maximum atomic E-state index is 12.5. The van der Waals surface area contributed by atoms with Crippen molar-refractivity contribution >= 4 is 24.0 Å². The number of nitro benzene ring substituents is 1. The lowest BCUT2D eigenvalue weighted by Crippen LogP contribution is -2.51. The highest BCUT2D eigenvalue weighted by Crippen LogP contribution is 2.33. The molecule has 0 saturated heterocycles. The highest BCUT2D eigenvalue weighted by molar-refractivity contribution is 5.95. The standard InChI is InChI=1S/C17H25N3O3.ClH/c1-16(2,3)13-7-6-12(10-14(13)20(22)23)15(21)19-17(11-18)8-4-5-9-17;/h6-7,10H,4-5,8-9,11,18H2,1-3H3,(H,19,21);1H. The second-order valence-electron chi connectivity index (χ2n) is 7.38. The van der Waals surface area contributed by atoms with E-state index in [1.54, 1.807) is 12.1 Å². The van der Waals surface area contributed by atoms with Gasteiger partial charge in [-0.3, -0.25) is 14.9 Å². The number of hydrogen-bond acceptors (Lipinski definition) is 4. The quantitative estimate of drug-likeness (QED) is 0.639. The van der Waals surface area contributed by atoms with E-state index < -0.39 is 4.92 Å². The molecule has 2 rings (SSSR count). The molecule has 6 nitrogen and oxygen atoms in total. The third kappa shape index (κ3) is 4.24. The van der Waals surface area contributed by atoms with Crippen LogP contribution in [0.25, 0.3) is 0 Å². The van der Waals surface area contributed by atoms with Crippen molar-refractivity contribution in [1.82, 2.24) is 5.32 Å². The van der Waals surface area contributed by atoms with Crippen molar-refractivity contribution in [3.8, 4) is 0 Å². The molecule has 0 spiro atoms. The van der Waals surface area contributed by atoms with E-state index in [1.165, 1.54) is 6.07 Å². The van der Waals surface area contributed by atoms with Gasteiger partial charge in [0.15, 0.2) is 0 Å². The first-order valence-corrected chi connectivity index (χ1v) is 8.00. The molecule has 1 fully saturated rings. The second kappa shape index (κ2) is 7.49. The molecule has 0 heterocycles. The van der Waals surface area contributed by atoms with Crippen LogP contribution in [0.1, 0.15) is 62.4 Å². The zero-order valence-corrected chi connectivity index (χ0v) is 15.2. The lowest BCUT2D eigenvalue weighted by atomic mass is 9.85. The predicted molar refractivity (Wildman–Crippen MR) is 96.8 cm³/mol. The number of hydrogen-bond donors (Lipinski definition) is 2. The van der Waals surface area contributed by atoms with Crippen LogP contribution in [0.3, 0.4) is 0 Å². The molecule has 24 heavy (non-hydrogen) atoms. The Morgan fingerprint density at radius 3 is 2.38 bits per heavy atom. The first kappa shape index (κ1) is 20.4. The van der Waals surface area contributed by atoms with Crippen molar-refractivity contribution < 1.29 is 9.72 Å². The van der Waals surface area contributed by atoms with Crippen LogP contribution >= 0.6 is 12.4 Å². The zero-order chi connectivity index (χ0) is 17.3. The molecule has 0 atom stereocenters. The molecular formula is C17H26ClN3O3. The highest BCUT2D eigenvalue weighted by Gasteiger charge is 2.34. The Bertz CT molecular complexity index is 620. The Kier molecular flexibility index (Phi) is 6.36. The molecule has 1 saturated carbocycles. The minimum Gasteiger partial charge on any atom is -0.345 e.